The van der Waals surface area contributed by atoms with Gasteiger partial charge in [0, 0.05) is 18.3 Å². The van der Waals surface area contributed by atoms with Crippen LogP contribution in [-0.4, -0.2) is 20.0 Å². The maximum atomic E-state index is 11.2. The van der Waals surface area contributed by atoms with Crippen LogP contribution in [0.1, 0.15) is 0 Å². The maximum Gasteiger partial charge on any atom is 0.272 e. The van der Waals surface area contributed by atoms with Gasteiger partial charge in [0.05, 0.1) is 6.20 Å². The Kier molecular flexibility index (Phi) is 1.48. The molecule has 5 nitrogen and oxygen atoms in total. The summed E-state index contributed by atoms with van der Waals surface area (Å²) in [5, 5.41) is 10.2. The maximum absolute atomic E-state index is 11.2. The van der Waals surface area contributed by atoms with E-state index in [2.05, 4.69) is 15.3 Å². The second-order valence-electron chi connectivity index (χ2n) is 2.22. The first kappa shape index (κ1) is 6.78. The third-order valence-corrected chi connectivity index (χ3v) is 1.43. The molecule has 0 fully saturated rings. The highest BCUT2D eigenvalue weighted by Gasteiger charge is 1.98. The van der Waals surface area contributed by atoms with Crippen molar-refractivity contribution in [1.29, 1.82) is 0 Å². The van der Waals surface area contributed by atoms with Crippen molar-refractivity contribution in [2.24, 2.45) is 0 Å². The van der Waals surface area contributed by atoms with Crippen molar-refractivity contribution in [3.05, 3.63) is 40.9 Å². The Morgan fingerprint density at radius 1 is 1.33 bits per heavy atom. The van der Waals surface area contributed by atoms with E-state index in [4.69, 9.17) is 0 Å². The summed E-state index contributed by atoms with van der Waals surface area (Å²) >= 11 is 0. The monoisotopic (exact) mass is 162 g/mol. The van der Waals surface area contributed by atoms with Crippen molar-refractivity contribution in [3.8, 4) is 5.82 Å². The SMILES string of the molecule is O=c1cccnn1-c1ccn[nH]1. The highest BCUT2D eigenvalue weighted by molar-refractivity contribution is 5.16. The second-order valence-corrected chi connectivity index (χ2v) is 2.22. The Morgan fingerprint density at radius 2 is 2.25 bits per heavy atom. The number of nitrogens with zero attached hydrogens (tertiary/aromatic N) is 3. The molecule has 0 aliphatic carbocycles. The van der Waals surface area contributed by atoms with E-state index in [-0.39, 0.29) is 5.56 Å². The van der Waals surface area contributed by atoms with E-state index in [1.165, 1.54) is 10.7 Å². The van der Waals surface area contributed by atoms with Crippen LogP contribution in [0.15, 0.2) is 35.4 Å². The molecule has 0 saturated carbocycles. The summed E-state index contributed by atoms with van der Waals surface area (Å²) in [6.07, 6.45) is 3.11. The molecule has 0 atom stereocenters. The van der Waals surface area contributed by atoms with Crippen LogP contribution < -0.4 is 5.56 Å². The zero-order chi connectivity index (χ0) is 8.39. The van der Waals surface area contributed by atoms with Gasteiger partial charge in [0.15, 0.2) is 5.82 Å². The largest absolute Gasteiger partial charge is 0.272 e. The fraction of sp³-hybridized carbons (Fsp3) is 0. The van der Waals surface area contributed by atoms with Gasteiger partial charge in [-0.2, -0.15) is 14.9 Å². The van der Waals surface area contributed by atoms with Gasteiger partial charge in [0.1, 0.15) is 0 Å². The van der Waals surface area contributed by atoms with Crippen molar-refractivity contribution in [2.45, 2.75) is 0 Å². The third kappa shape index (κ3) is 1.01. The van der Waals surface area contributed by atoms with Gasteiger partial charge in [-0.3, -0.25) is 9.89 Å². The highest BCUT2D eigenvalue weighted by Crippen LogP contribution is 1.93. The molecule has 2 heterocycles. The molecule has 2 rings (SSSR count). The van der Waals surface area contributed by atoms with Crippen LogP contribution in [0.3, 0.4) is 0 Å². The fourth-order valence-electron chi connectivity index (χ4n) is 0.905. The summed E-state index contributed by atoms with van der Waals surface area (Å²) in [5.74, 6) is 0.570. The quantitative estimate of drug-likeness (QED) is 0.639. The van der Waals surface area contributed by atoms with E-state index in [1.54, 1.807) is 24.5 Å². The summed E-state index contributed by atoms with van der Waals surface area (Å²) in [6, 6.07) is 4.71. The minimum atomic E-state index is -0.179. The Morgan fingerprint density at radius 3 is 2.92 bits per heavy atom. The molecule has 0 bridgehead atoms. The van der Waals surface area contributed by atoms with Crippen LogP contribution in [0, 0.1) is 0 Å². The molecule has 2 aromatic heterocycles. The van der Waals surface area contributed by atoms with E-state index in [1.807, 2.05) is 0 Å². The fourth-order valence-corrected chi connectivity index (χ4v) is 0.905. The number of hydrogen-bond acceptors (Lipinski definition) is 3. The first-order chi connectivity index (χ1) is 5.88. The molecule has 0 saturated heterocycles. The van der Waals surface area contributed by atoms with Crippen molar-refractivity contribution in [3.63, 3.8) is 0 Å². The predicted molar refractivity (Wildman–Crippen MR) is 42.0 cm³/mol. The molecule has 0 aromatic carbocycles. The molecular formula is C7H6N4O. The van der Waals surface area contributed by atoms with E-state index in [0.29, 0.717) is 5.82 Å². The Bertz CT molecular complexity index is 417. The van der Waals surface area contributed by atoms with Gasteiger partial charge in [-0.25, -0.2) is 0 Å². The average molecular weight is 162 g/mol. The number of aromatic amines is 1. The van der Waals surface area contributed by atoms with Gasteiger partial charge < -0.3 is 0 Å². The summed E-state index contributed by atoms with van der Waals surface area (Å²) in [4.78, 5) is 11.2. The molecular weight excluding hydrogens is 156 g/mol. The number of H-pyrrole nitrogens is 1. The van der Waals surface area contributed by atoms with Crippen LogP contribution >= 0.6 is 0 Å². The van der Waals surface area contributed by atoms with E-state index >= 15 is 0 Å². The molecule has 0 radical (unpaired) electrons. The van der Waals surface area contributed by atoms with Gasteiger partial charge in [0.25, 0.3) is 5.56 Å². The molecule has 1 N–H and O–H groups in total. The van der Waals surface area contributed by atoms with Crippen molar-refractivity contribution >= 4 is 0 Å². The summed E-state index contributed by atoms with van der Waals surface area (Å²) in [7, 11) is 0. The molecule has 12 heavy (non-hydrogen) atoms. The predicted octanol–water partition coefficient (Wildman–Crippen LogP) is -0.0444. The van der Waals surface area contributed by atoms with Crippen LogP contribution in [0.25, 0.3) is 5.82 Å². The first-order valence-electron chi connectivity index (χ1n) is 3.42. The van der Waals surface area contributed by atoms with Crippen LogP contribution in [-0.2, 0) is 0 Å². The topological polar surface area (TPSA) is 63.6 Å². The number of nitrogens with one attached hydrogen (secondary N) is 1. The van der Waals surface area contributed by atoms with Crippen LogP contribution in [0.5, 0.6) is 0 Å². The number of aromatic nitrogens is 4. The molecule has 0 aliphatic rings. The molecule has 5 heteroatoms. The van der Waals surface area contributed by atoms with Crippen LogP contribution in [0.2, 0.25) is 0 Å². The first-order valence-corrected chi connectivity index (χ1v) is 3.42. The average Bonchev–Trinajstić information content (AvgIpc) is 2.57. The second kappa shape index (κ2) is 2.61. The third-order valence-electron chi connectivity index (χ3n) is 1.43. The smallest absolute Gasteiger partial charge is 0.267 e. The Hall–Kier alpha value is -1.91. The normalized spacial score (nSPS) is 10.0. The number of hydrogen-bond donors (Lipinski definition) is 1. The van der Waals surface area contributed by atoms with Crippen molar-refractivity contribution in [1.82, 2.24) is 20.0 Å². The lowest BCUT2D eigenvalue weighted by Crippen LogP contribution is -2.19. The molecule has 0 spiro atoms. The van der Waals surface area contributed by atoms with Gasteiger partial charge in [-0.1, -0.05) is 0 Å². The summed E-state index contributed by atoms with van der Waals surface area (Å²) in [6.45, 7) is 0. The molecule has 0 amide bonds. The van der Waals surface area contributed by atoms with E-state index < -0.39 is 0 Å². The van der Waals surface area contributed by atoms with Crippen molar-refractivity contribution in [2.75, 3.05) is 0 Å². The molecule has 0 unspecified atom stereocenters. The van der Waals surface area contributed by atoms with Crippen molar-refractivity contribution < 1.29 is 0 Å². The molecule has 0 aliphatic heterocycles. The molecule has 2 aromatic rings. The lowest BCUT2D eigenvalue weighted by molar-refractivity contribution is 0.775. The lowest BCUT2D eigenvalue weighted by atomic mass is 10.5. The summed E-state index contributed by atoms with van der Waals surface area (Å²) < 4.78 is 1.24. The Balaban J connectivity index is 2.63. The summed E-state index contributed by atoms with van der Waals surface area (Å²) in [5.41, 5.74) is -0.179. The van der Waals surface area contributed by atoms with Gasteiger partial charge in [-0.15, -0.1) is 0 Å². The zero-order valence-corrected chi connectivity index (χ0v) is 6.14. The minimum absolute atomic E-state index is 0.179. The zero-order valence-electron chi connectivity index (χ0n) is 6.14. The van der Waals surface area contributed by atoms with E-state index in [9.17, 15) is 4.79 Å². The highest BCUT2D eigenvalue weighted by atomic mass is 16.1. The van der Waals surface area contributed by atoms with E-state index in [0.717, 1.165) is 0 Å². The molecule has 60 valence electrons. The van der Waals surface area contributed by atoms with Gasteiger partial charge >= 0.3 is 0 Å². The minimum Gasteiger partial charge on any atom is -0.267 e. The Labute approximate surface area is 67.7 Å². The lowest BCUT2D eigenvalue weighted by Gasteiger charge is -1.96. The standard InChI is InChI=1S/C7H6N4O/c12-7-2-1-4-9-11(7)6-3-5-8-10-6/h1-5H,(H,8,10). The van der Waals surface area contributed by atoms with Gasteiger partial charge in [-0.05, 0) is 6.07 Å². The van der Waals surface area contributed by atoms with Gasteiger partial charge in [0.2, 0.25) is 0 Å². The number of rotatable bonds is 1. The van der Waals surface area contributed by atoms with Crippen LogP contribution in [0.4, 0.5) is 0 Å².